The molecule has 0 saturated carbocycles. The van der Waals surface area contributed by atoms with Crippen molar-refractivity contribution in [3.8, 4) is 0 Å². The second-order valence-corrected chi connectivity index (χ2v) is 4.15. The summed E-state index contributed by atoms with van der Waals surface area (Å²) < 4.78 is 4.83. The van der Waals surface area contributed by atoms with Crippen molar-refractivity contribution in [1.82, 2.24) is 0 Å². The predicted molar refractivity (Wildman–Crippen MR) is 56.4 cm³/mol. The fraction of sp³-hybridized carbons (Fsp3) is 0.818. The van der Waals surface area contributed by atoms with E-state index in [4.69, 9.17) is 9.84 Å². The average molecular weight is 216 g/mol. The summed E-state index contributed by atoms with van der Waals surface area (Å²) in [6, 6.07) is 0. The lowest BCUT2D eigenvalue weighted by atomic mass is 9.95. The van der Waals surface area contributed by atoms with E-state index < -0.39 is 18.0 Å². The van der Waals surface area contributed by atoms with Gasteiger partial charge in [-0.2, -0.15) is 0 Å². The summed E-state index contributed by atoms with van der Waals surface area (Å²) in [5, 5.41) is 8.59. The van der Waals surface area contributed by atoms with Gasteiger partial charge >= 0.3 is 11.9 Å². The molecule has 15 heavy (non-hydrogen) atoms. The first-order valence-electron chi connectivity index (χ1n) is 5.31. The molecule has 0 aromatic heterocycles. The molecule has 0 aliphatic heterocycles. The lowest BCUT2D eigenvalue weighted by Crippen LogP contribution is -2.28. The summed E-state index contributed by atoms with van der Waals surface area (Å²) >= 11 is 0. The summed E-state index contributed by atoms with van der Waals surface area (Å²) in [7, 11) is 0. The summed E-state index contributed by atoms with van der Waals surface area (Å²) in [6.07, 6.45) is 0.365. The highest BCUT2D eigenvalue weighted by Gasteiger charge is 2.23. The molecular formula is C11H20O4. The molecule has 0 aliphatic carbocycles. The van der Waals surface area contributed by atoms with Gasteiger partial charge in [-0.05, 0) is 25.7 Å². The minimum atomic E-state index is -1.11. The summed E-state index contributed by atoms with van der Waals surface area (Å²) in [5.74, 6) is -1.29. The van der Waals surface area contributed by atoms with Crippen LogP contribution in [0.3, 0.4) is 0 Å². The van der Waals surface area contributed by atoms with Crippen molar-refractivity contribution in [3.05, 3.63) is 0 Å². The Morgan fingerprint density at radius 3 is 2.13 bits per heavy atom. The van der Waals surface area contributed by atoms with Gasteiger partial charge in [0.15, 0.2) is 6.10 Å². The number of carboxylic acids is 1. The van der Waals surface area contributed by atoms with E-state index in [1.165, 1.54) is 6.92 Å². The maximum atomic E-state index is 11.5. The molecule has 0 aliphatic rings. The molecule has 0 fully saturated rings. The maximum Gasteiger partial charge on any atom is 0.344 e. The normalized spacial score (nSPS) is 14.7. The monoisotopic (exact) mass is 216 g/mol. The Labute approximate surface area is 90.6 Å². The van der Waals surface area contributed by atoms with Gasteiger partial charge in [0, 0.05) is 0 Å². The molecule has 4 heteroatoms. The van der Waals surface area contributed by atoms with Crippen molar-refractivity contribution < 1.29 is 19.4 Å². The van der Waals surface area contributed by atoms with Crippen LogP contribution in [0.1, 0.15) is 40.5 Å². The number of hydrogen-bond acceptors (Lipinski definition) is 3. The molecule has 0 heterocycles. The first kappa shape index (κ1) is 13.9. The number of hydrogen-bond donors (Lipinski definition) is 1. The van der Waals surface area contributed by atoms with Crippen molar-refractivity contribution in [1.29, 1.82) is 0 Å². The van der Waals surface area contributed by atoms with Crippen LogP contribution in [0.4, 0.5) is 0 Å². The molecule has 0 aromatic carbocycles. The van der Waals surface area contributed by atoms with Crippen LogP contribution in [0.25, 0.3) is 0 Å². The highest BCUT2D eigenvalue weighted by atomic mass is 16.6. The zero-order chi connectivity index (χ0) is 12.0. The molecule has 0 rings (SSSR count). The van der Waals surface area contributed by atoms with Crippen molar-refractivity contribution in [3.63, 3.8) is 0 Å². The van der Waals surface area contributed by atoms with E-state index in [1.54, 1.807) is 0 Å². The van der Waals surface area contributed by atoms with E-state index in [-0.39, 0.29) is 5.92 Å². The molecule has 0 radical (unpaired) electrons. The maximum absolute atomic E-state index is 11.5. The van der Waals surface area contributed by atoms with Gasteiger partial charge in [0.05, 0.1) is 5.92 Å². The van der Waals surface area contributed by atoms with Gasteiger partial charge in [-0.15, -0.1) is 0 Å². The van der Waals surface area contributed by atoms with Gasteiger partial charge in [-0.1, -0.05) is 20.8 Å². The fourth-order valence-corrected chi connectivity index (χ4v) is 1.32. The zero-order valence-electron chi connectivity index (χ0n) is 9.82. The van der Waals surface area contributed by atoms with Crippen LogP contribution in [0.15, 0.2) is 0 Å². The molecule has 0 spiro atoms. The van der Waals surface area contributed by atoms with Gasteiger partial charge < -0.3 is 9.84 Å². The number of esters is 1. The largest absolute Gasteiger partial charge is 0.479 e. The molecular weight excluding hydrogens is 196 g/mol. The summed E-state index contributed by atoms with van der Waals surface area (Å²) in [5.41, 5.74) is 0. The molecule has 4 nitrogen and oxygen atoms in total. The van der Waals surface area contributed by atoms with E-state index in [1.807, 2.05) is 20.8 Å². The molecule has 0 aromatic rings. The van der Waals surface area contributed by atoms with Crippen LogP contribution in [0, 0.1) is 11.8 Å². The number of carboxylic acid groups (broad SMARTS) is 1. The van der Waals surface area contributed by atoms with Crippen LogP contribution < -0.4 is 0 Å². The molecule has 1 N–H and O–H groups in total. The van der Waals surface area contributed by atoms with E-state index in [0.717, 1.165) is 6.42 Å². The predicted octanol–water partition coefficient (Wildman–Crippen LogP) is 2.07. The Bertz CT molecular complexity index is 223. The third-order valence-electron chi connectivity index (χ3n) is 2.22. The van der Waals surface area contributed by atoms with E-state index >= 15 is 0 Å². The number of ether oxygens (including phenoxy) is 1. The lowest BCUT2D eigenvalue weighted by Gasteiger charge is -2.17. The van der Waals surface area contributed by atoms with Crippen LogP contribution >= 0.6 is 0 Å². The summed E-state index contributed by atoms with van der Waals surface area (Å²) in [6.45, 7) is 7.31. The Hall–Kier alpha value is -1.06. The highest BCUT2D eigenvalue weighted by Crippen LogP contribution is 2.17. The van der Waals surface area contributed by atoms with E-state index in [0.29, 0.717) is 12.3 Å². The second kappa shape index (κ2) is 6.43. The Morgan fingerprint density at radius 1 is 1.27 bits per heavy atom. The van der Waals surface area contributed by atoms with Gasteiger partial charge in [-0.25, -0.2) is 4.79 Å². The fourth-order valence-electron chi connectivity index (χ4n) is 1.32. The smallest absolute Gasteiger partial charge is 0.344 e. The first-order chi connectivity index (χ1) is 6.88. The van der Waals surface area contributed by atoms with Gasteiger partial charge in [0.25, 0.3) is 0 Å². The van der Waals surface area contributed by atoms with Crippen LogP contribution in [0.2, 0.25) is 0 Å². The molecule has 0 unspecified atom stereocenters. The number of aliphatic carboxylic acids is 1. The number of carbonyl (C=O) groups excluding carboxylic acids is 1. The van der Waals surface area contributed by atoms with Gasteiger partial charge in [0.2, 0.25) is 0 Å². The molecule has 0 saturated heterocycles. The number of carbonyl (C=O) groups is 2. The molecule has 2 atom stereocenters. The highest BCUT2D eigenvalue weighted by molar-refractivity contribution is 5.78. The van der Waals surface area contributed by atoms with Crippen LogP contribution in [0.5, 0.6) is 0 Å². The number of rotatable bonds is 6. The van der Waals surface area contributed by atoms with Crippen LogP contribution in [-0.2, 0) is 14.3 Å². The first-order valence-corrected chi connectivity index (χ1v) is 5.31. The van der Waals surface area contributed by atoms with Crippen molar-refractivity contribution in [2.75, 3.05) is 0 Å². The van der Waals surface area contributed by atoms with Crippen molar-refractivity contribution in [2.45, 2.75) is 46.6 Å². The lowest BCUT2D eigenvalue weighted by molar-refractivity contribution is -0.166. The summed E-state index contributed by atoms with van der Waals surface area (Å²) in [4.78, 5) is 22.0. The third kappa shape index (κ3) is 5.40. The molecule has 0 amide bonds. The molecule has 88 valence electrons. The molecule has 0 bridgehead atoms. The van der Waals surface area contributed by atoms with Gasteiger partial charge in [0.1, 0.15) is 0 Å². The minimum absolute atomic E-state index is 0.188. The minimum Gasteiger partial charge on any atom is -0.479 e. The average Bonchev–Trinajstić information content (AvgIpc) is 2.13. The Morgan fingerprint density at radius 2 is 1.80 bits per heavy atom. The third-order valence-corrected chi connectivity index (χ3v) is 2.22. The zero-order valence-corrected chi connectivity index (χ0v) is 9.82. The van der Waals surface area contributed by atoms with Crippen LogP contribution in [-0.4, -0.2) is 23.1 Å². The van der Waals surface area contributed by atoms with E-state index in [9.17, 15) is 9.59 Å². The SMILES string of the molecule is CC[C@@H](CC(C)C)C(=O)O[C@H](C)C(=O)O. The second-order valence-electron chi connectivity index (χ2n) is 4.15. The quantitative estimate of drug-likeness (QED) is 0.690. The Balaban J connectivity index is 4.21. The van der Waals surface area contributed by atoms with Gasteiger partial charge in [-0.3, -0.25) is 4.79 Å². The van der Waals surface area contributed by atoms with E-state index in [2.05, 4.69) is 0 Å². The Kier molecular flexibility index (Phi) is 5.97. The van der Waals surface area contributed by atoms with Crippen molar-refractivity contribution >= 4 is 11.9 Å². The van der Waals surface area contributed by atoms with Crippen molar-refractivity contribution in [2.24, 2.45) is 11.8 Å². The topological polar surface area (TPSA) is 63.6 Å². The standard InChI is InChI=1S/C11H20O4/c1-5-9(6-7(2)3)11(14)15-8(4)10(12)13/h7-9H,5-6H2,1-4H3,(H,12,13)/t8-,9+/m1/s1.